The van der Waals surface area contributed by atoms with Gasteiger partial charge in [0.1, 0.15) is 6.04 Å². The molecular formula is C25H33F3N4O4S. The van der Waals surface area contributed by atoms with Crippen LogP contribution in [0.4, 0.5) is 18.3 Å². The van der Waals surface area contributed by atoms with Gasteiger partial charge in [-0.25, -0.2) is 10.0 Å². The minimum Gasteiger partial charge on any atom is -0.343 e. The predicted molar refractivity (Wildman–Crippen MR) is 134 cm³/mol. The third-order valence-electron chi connectivity index (χ3n) is 5.87. The Kier molecular flexibility index (Phi) is 11.1. The molecule has 3 N–H and O–H groups in total. The first kappa shape index (κ1) is 30.2. The SMILES string of the molecule is CC(C)(C)[C@H](NC(=O)[C@H](CCCc1ccccc1)[C@H](CCC(F)(F)F)N(O)C=O)C(=O)Nc1nccs1. The van der Waals surface area contributed by atoms with Gasteiger partial charge in [-0.1, -0.05) is 51.1 Å². The number of alkyl halides is 3. The summed E-state index contributed by atoms with van der Waals surface area (Å²) in [6.45, 7) is 5.19. The van der Waals surface area contributed by atoms with Crippen molar-refractivity contribution in [2.45, 2.75) is 71.1 Å². The van der Waals surface area contributed by atoms with Crippen molar-refractivity contribution in [2.24, 2.45) is 11.3 Å². The molecule has 1 heterocycles. The first-order chi connectivity index (χ1) is 17.3. The highest BCUT2D eigenvalue weighted by Crippen LogP contribution is 2.29. The molecule has 12 heteroatoms. The molecule has 2 rings (SSSR count). The molecular weight excluding hydrogens is 509 g/mol. The highest BCUT2D eigenvalue weighted by atomic mass is 32.1. The minimum atomic E-state index is -4.55. The van der Waals surface area contributed by atoms with Crippen LogP contribution in [0.1, 0.15) is 52.0 Å². The van der Waals surface area contributed by atoms with Crippen LogP contribution >= 0.6 is 11.3 Å². The number of aryl methyl sites for hydroxylation is 1. The lowest BCUT2D eigenvalue weighted by molar-refractivity contribution is -0.178. The van der Waals surface area contributed by atoms with E-state index >= 15 is 0 Å². The Bertz CT molecular complexity index is 998. The van der Waals surface area contributed by atoms with Gasteiger partial charge in [0.15, 0.2) is 5.13 Å². The lowest BCUT2D eigenvalue weighted by Crippen LogP contribution is -2.55. The third kappa shape index (κ3) is 10.1. The topological polar surface area (TPSA) is 112 Å². The molecule has 204 valence electrons. The highest BCUT2D eigenvalue weighted by molar-refractivity contribution is 7.13. The summed E-state index contributed by atoms with van der Waals surface area (Å²) in [5, 5.41) is 17.6. The summed E-state index contributed by atoms with van der Waals surface area (Å²) in [4.78, 5) is 41.9. The molecule has 2 aromatic rings. The number of hydrogen-bond donors (Lipinski definition) is 3. The maximum Gasteiger partial charge on any atom is 0.389 e. The van der Waals surface area contributed by atoms with Gasteiger partial charge >= 0.3 is 6.18 Å². The number of amides is 3. The summed E-state index contributed by atoms with van der Waals surface area (Å²) in [5.41, 5.74) is 0.205. The normalized spacial score (nSPS) is 14.4. The van der Waals surface area contributed by atoms with E-state index in [2.05, 4.69) is 15.6 Å². The zero-order valence-corrected chi connectivity index (χ0v) is 21.8. The van der Waals surface area contributed by atoms with Crippen LogP contribution in [0.15, 0.2) is 41.9 Å². The van der Waals surface area contributed by atoms with E-state index in [0.717, 1.165) is 5.56 Å². The number of aromatic nitrogens is 1. The molecule has 0 spiro atoms. The van der Waals surface area contributed by atoms with Crippen LogP contribution in [0.3, 0.4) is 0 Å². The van der Waals surface area contributed by atoms with Gasteiger partial charge in [0.25, 0.3) is 0 Å². The summed E-state index contributed by atoms with van der Waals surface area (Å²) in [5.74, 6) is -2.46. The molecule has 0 aliphatic rings. The van der Waals surface area contributed by atoms with Crippen LogP contribution in [0.25, 0.3) is 0 Å². The highest BCUT2D eigenvalue weighted by Gasteiger charge is 2.40. The number of anilines is 1. The molecule has 0 unspecified atom stereocenters. The van der Waals surface area contributed by atoms with Crippen molar-refractivity contribution in [2.75, 3.05) is 5.32 Å². The molecule has 3 amide bonds. The molecule has 0 fully saturated rings. The number of nitrogens with zero attached hydrogens (tertiary/aromatic N) is 2. The van der Waals surface area contributed by atoms with E-state index in [1.54, 1.807) is 26.2 Å². The lowest BCUT2D eigenvalue weighted by Gasteiger charge is -2.34. The molecule has 0 aliphatic carbocycles. The smallest absolute Gasteiger partial charge is 0.343 e. The predicted octanol–water partition coefficient (Wildman–Crippen LogP) is 4.81. The maximum absolute atomic E-state index is 13.5. The van der Waals surface area contributed by atoms with Crippen LogP contribution in [-0.2, 0) is 20.8 Å². The Hall–Kier alpha value is -2.99. The fourth-order valence-electron chi connectivity index (χ4n) is 3.96. The van der Waals surface area contributed by atoms with E-state index in [9.17, 15) is 32.8 Å². The van der Waals surface area contributed by atoms with Crippen LogP contribution < -0.4 is 10.6 Å². The number of halogens is 3. The van der Waals surface area contributed by atoms with Crippen molar-refractivity contribution in [3.05, 3.63) is 47.5 Å². The van der Waals surface area contributed by atoms with E-state index in [4.69, 9.17) is 0 Å². The Morgan fingerprint density at radius 2 is 1.81 bits per heavy atom. The number of benzene rings is 1. The Morgan fingerprint density at radius 3 is 2.35 bits per heavy atom. The van der Waals surface area contributed by atoms with Crippen LogP contribution in [0, 0.1) is 11.3 Å². The Balaban J connectivity index is 2.28. The number of nitrogens with one attached hydrogen (secondary N) is 2. The number of carbonyl (C=O) groups excluding carboxylic acids is 3. The zero-order valence-electron chi connectivity index (χ0n) is 21.0. The van der Waals surface area contributed by atoms with Gasteiger partial charge in [-0.05, 0) is 36.7 Å². The second-order valence-electron chi connectivity index (χ2n) is 9.83. The summed E-state index contributed by atoms with van der Waals surface area (Å²) < 4.78 is 39.1. The quantitative estimate of drug-likeness (QED) is 0.191. The standard InChI is InChI=1S/C25H33F3N4O4S/c1-24(2,3)20(22(35)31-23-29-14-15-37-23)30-21(34)18(11-7-10-17-8-5-4-6-9-17)19(32(36)16-33)12-13-25(26,27)28/h4-6,8-9,14-16,18-20,36H,7,10-13H2,1-3H3,(H,30,34)(H,29,31,35)/t18-,19+,20-/m1/s1. The van der Waals surface area contributed by atoms with Crippen LogP contribution in [0.5, 0.6) is 0 Å². The molecule has 3 atom stereocenters. The van der Waals surface area contributed by atoms with Crippen molar-refractivity contribution in [3.8, 4) is 0 Å². The minimum absolute atomic E-state index is 0.00503. The van der Waals surface area contributed by atoms with E-state index in [-0.39, 0.29) is 17.9 Å². The number of thiazole rings is 1. The van der Waals surface area contributed by atoms with E-state index in [1.165, 1.54) is 17.5 Å². The first-order valence-corrected chi connectivity index (χ1v) is 12.7. The zero-order chi connectivity index (χ0) is 27.6. The van der Waals surface area contributed by atoms with Crippen molar-refractivity contribution < 1.29 is 32.8 Å². The average molecular weight is 543 g/mol. The van der Waals surface area contributed by atoms with Crippen molar-refractivity contribution in [1.82, 2.24) is 15.4 Å². The molecule has 37 heavy (non-hydrogen) atoms. The van der Waals surface area contributed by atoms with Gasteiger partial charge in [0.2, 0.25) is 18.2 Å². The van der Waals surface area contributed by atoms with Gasteiger partial charge in [-0.2, -0.15) is 13.2 Å². The van der Waals surface area contributed by atoms with Gasteiger partial charge < -0.3 is 10.6 Å². The van der Waals surface area contributed by atoms with E-state index in [0.29, 0.717) is 18.0 Å². The summed E-state index contributed by atoms with van der Waals surface area (Å²) >= 11 is 1.19. The molecule has 0 aliphatic heterocycles. The molecule has 0 radical (unpaired) electrons. The largest absolute Gasteiger partial charge is 0.389 e. The monoisotopic (exact) mass is 542 g/mol. The fraction of sp³-hybridized carbons (Fsp3) is 0.520. The average Bonchev–Trinajstić information content (AvgIpc) is 3.33. The number of carbonyl (C=O) groups is 3. The van der Waals surface area contributed by atoms with E-state index < -0.39 is 54.2 Å². The Labute approximate surface area is 218 Å². The molecule has 1 aromatic carbocycles. The second kappa shape index (κ2) is 13.5. The first-order valence-electron chi connectivity index (χ1n) is 11.9. The molecule has 0 saturated heterocycles. The molecule has 8 nitrogen and oxygen atoms in total. The van der Waals surface area contributed by atoms with E-state index in [1.807, 2.05) is 30.3 Å². The second-order valence-corrected chi connectivity index (χ2v) is 10.7. The van der Waals surface area contributed by atoms with Crippen LogP contribution in [-0.4, -0.2) is 51.7 Å². The number of rotatable bonds is 13. The van der Waals surface area contributed by atoms with Gasteiger partial charge in [-0.15, -0.1) is 11.3 Å². The summed E-state index contributed by atoms with van der Waals surface area (Å²) in [6.07, 6.45) is -3.98. The fourth-order valence-corrected chi connectivity index (χ4v) is 4.50. The van der Waals surface area contributed by atoms with Gasteiger partial charge in [-0.3, -0.25) is 19.6 Å². The van der Waals surface area contributed by atoms with Crippen molar-refractivity contribution >= 4 is 34.7 Å². The van der Waals surface area contributed by atoms with Gasteiger partial charge in [0, 0.05) is 18.0 Å². The summed E-state index contributed by atoms with van der Waals surface area (Å²) in [7, 11) is 0. The molecule has 0 saturated carbocycles. The van der Waals surface area contributed by atoms with Gasteiger partial charge in [0.05, 0.1) is 12.0 Å². The lowest BCUT2D eigenvalue weighted by atomic mass is 9.84. The number of hydrogen-bond acceptors (Lipinski definition) is 6. The van der Waals surface area contributed by atoms with Crippen LogP contribution in [0.2, 0.25) is 0 Å². The Morgan fingerprint density at radius 1 is 1.14 bits per heavy atom. The van der Waals surface area contributed by atoms with Crippen molar-refractivity contribution in [3.63, 3.8) is 0 Å². The number of hydroxylamine groups is 2. The van der Waals surface area contributed by atoms with Crippen molar-refractivity contribution in [1.29, 1.82) is 0 Å². The maximum atomic E-state index is 13.5. The molecule has 1 aromatic heterocycles. The summed E-state index contributed by atoms with van der Waals surface area (Å²) in [6, 6.07) is 6.83. The molecule has 0 bridgehead atoms. The third-order valence-corrected chi connectivity index (χ3v) is 6.56.